The van der Waals surface area contributed by atoms with Crippen molar-refractivity contribution in [2.45, 2.75) is 215 Å². The van der Waals surface area contributed by atoms with Gasteiger partial charge in [0, 0.05) is 11.1 Å². The van der Waals surface area contributed by atoms with Crippen LogP contribution in [0.3, 0.4) is 0 Å². The Bertz CT molecular complexity index is 1160. The third-order valence-corrected chi connectivity index (χ3v) is 10.7. The molecule has 1 N–H and O–H groups in total. The molecule has 0 atom stereocenters. The number of ketones is 1. The van der Waals surface area contributed by atoms with E-state index >= 15 is 0 Å². The van der Waals surface area contributed by atoms with Crippen LogP contribution >= 0.6 is 0 Å². The number of carbonyl (C=O) groups excluding carboxylic acids is 1. The third-order valence-electron chi connectivity index (χ3n) is 10.7. The lowest BCUT2D eigenvalue weighted by Crippen LogP contribution is -2.16. The fourth-order valence-electron chi connectivity index (χ4n) is 7.44. The van der Waals surface area contributed by atoms with E-state index in [0.717, 1.165) is 67.2 Å². The maximum Gasteiger partial charge on any atom is 0.185 e. The van der Waals surface area contributed by atoms with Crippen LogP contribution in [0.1, 0.15) is 225 Å². The molecule has 0 saturated heterocycles. The number of hydrogen-bond donors (Lipinski definition) is 1. The molecule has 0 aromatic heterocycles. The van der Waals surface area contributed by atoms with Crippen molar-refractivity contribution in [1.82, 2.24) is 0 Å². The summed E-state index contributed by atoms with van der Waals surface area (Å²) in [5, 5.41) is 11.4. The Labute approximate surface area is 304 Å². The first-order valence-corrected chi connectivity index (χ1v) is 21.3. The Hall–Kier alpha value is -2.09. The van der Waals surface area contributed by atoms with Gasteiger partial charge in [-0.2, -0.15) is 0 Å². The molecule has 0 saturated carbocycles. The van der Waals surface area contributed by atoms with Gasteiger partial charge >= 0.3 is 0 Å². The standard InChI is InChI=1S/C47H78O2/c1-8-11-14-16-18-20-22-24-26-28-30-39-33-41(35-44(37(4)5)46(39)48)43(32-13-10-3)42-34-40(47(49)45(36-42)38(6)7)31-29-27-25-23-21-19-17-15-12-9-2/h33-38,48H,8-32H2,1-7H3. The van der Waals surface area contributed by atoms with E-state index in [2.05, 4.69) is 72.8 Å². The lowest BCUT2D eigenvalue weighted by molar-refractivity contribution is -0.112. The smallest absolute Gasteiger partial charge is 0.185 e. The SMILES string of the molecule is CCCCCCCCCCCCC1=CC(=C(CCCC)c2cc(CCCCCCCCCCCC)c(O)c(C(C)C)c2)C=C(C(C)C)C1=O. The number of phenolic OH excluding ortho intramolecular Hbond substituents is 1. The summed E-state index contributed by atoms with van der Waals surface area (Å²) in [6.45, 7) is 15.6. The van der Waals surface area contributed by atoms with Gasteiger partial charge in [0.15, 0.2) is 5.78 Å². The molecule has 2 heteroatoms. The second kappa shape index (κ2) is 25.8. The summed E-state index contributed by atoms with van der Waals surface area (Å²) >= 11 is 0. The Morgan fingerprint density at radius 2 is 1.04 bits per heavy atom. The summed E-state index contributed by atoms with van der Waals surface area (Å²) in [7, 11) is 0. The van der Waals surface area contributed by atoms with Crippen molar-refractivity contribution >= 4 is 11.4 Å². The Morgan fingerprint density at radius 3 is 1.51 bits per heavy atom. The molecule has 1 aromatic carbocycles. The topological polar surface area (TPSA) is 37.3 Å². The van der Waals surface area contributed by atoms with E-state index < -0.39 is 0 Å². The average Bonchev–Trinajstić information content (AvgIpc) is 3.08. The van der Waals surface area contributed by atoms with E-state index in [0.29, 0.717) is 5.75 Å². The van der Waals surface area contributed by atoms with E-state index in [1.165, 1.54) is 132 Å². The largest absolute Gasteiger partial charge is 0.507 e. The molecule has 49 heavy (non-hydrogen) atoms. The number of benzene rings is 1. The van der Waals surface area contributed by atoms with Gasteiger partial charge in [-0.05, 0) is 102 Å². The van der Waals surface area contributed by atoms with Gasteiger partial charge in [-0.15, -0.1) is 0 Å². The van der Waals surface area contributed by atoms with Crippen LogP contribution in [0.2, 0.25) is 0 Å². The van der Waals surface area contributed by atoms with E-state index in [1.807, 2.05) is 0 Å². The van der Waals surface area contributed by atoms with Crippen LogP contribution in [0.5, 0.6) is 5.75 Å². The number of aryl methyl sites for hydroxylation is 1. The van der Waals surface area contributed by atoms with Gasteiger partial charge < -0.3 is 5.11 Å². The van der Waals surface area contributed by atoms with Gasteiger partial charge in [0.1, 0.15) is 5.75 Å². The van der Waals surface area contributed by atoms with Crippen molar-refractivity contribution in [2.24, 2.45) is 5.92 Å². The number of phenols is 1. The van der Waals surface area contributed by atoms with E-state index in [-0.39, 0.29) is 17.6 Å². The molecule has 1 aromatic rings. The monoisotopic (exact) mass is 675 g/mol. The van der Waals surface area contributed by atoms with Gasteiger partial charge in [0.05, 0.1) is 0 Å². The van der Waals surface area contributed by atoms with Crippen LogP contribution < -0.4 is 0 Å². The highest BCUT2D eigenvalue weighted by atomic mass is 16.3. The van der Waals surface area contributed by atoms with Crippen molar-refractivity contribution in [3.63, 3.8) is 0 Å². The number of allylic oxidation sites excluding steroid dienone is 6. The first kappa shape index (κ1) is 43.1. The number of unbranched alkanes of at least 4 members (excludes halogenated alkanes) is 19. The summed E-state index contributed by atoms with van der Waals surface area (Å²) in [5.41, 5.74) is 7.94. The van der Waals surface area contributed by atoms with Gasteiger partial charge in [-0.1, -0.05) is 170 Å². The molecular weight excluding hydrogens is 597 g/mol. The number of hydrogen-bond acceptors (Lipinski definition) is 2. The number of carbonyl (C=O) groups is 1. The minimum atomic E-state index is 0.198. The molecule has 1 aliphatic rings. The van der Waals surface area contributed by atoms with E-state index in [1.54, 1.807) is 0 Å². The van der Waals surface area contributed by atoms with Crippen LogP contribution in [-0.4, -0.2) is 10.9 Å². The van der Waals surface area contributed by atoms with Gasteiger partial charge in [0.25, 0.3) is 0 Å². The molecule has 1 aliphatic carbocycles. The van der Waals surface area contributed by atoms with Crippen LogP contribution in [0, 0.1) is 5.92 Å². The van der Waals surface area contributed by atoms with Crippen molar-refractivity contribution in [3.05, 3.63) is 57.7 Å². The highest BCUT2D eigenvalue weighted by Crippen LogP contribution is 2.39. The third kappa shape index (κ3) is 16.2. The van der Waals surface area contributed by atoms with Crippen molar-refractivity contribution in [2.75, 3.05) is 0 Å². The molecular formula is C47H78O2. The minimum Gasteiger partial charge on any atom is -0.507 e. The zero-order valence-corrected chi connectivity index (χ0v) is 33.5. The summed E-state index contributed by atoms with van der Waals surface area (Å²) in [6.07, 6.45) is 35.8. The first-order chi connectivity index (χ1) is 23.7. The average molecular weight is 675 g/mol. The molecule has 0 spiro atoms. The quantitative estimate of drug-likeness (QED) is 0.0898. The van der Waals surface area contributed by atoms with Crippen molar-refractivity contribution < 1.29 is 9.90 Å². The Morgan fingerprint density at radius 1 is 0.571 bits per heavy atom. The van der Waals surface area contributed by atoms with Crippen LogP contribution in [0.4, 0.5) is 0 Å². The van der Waals surface area contributed by atoms with Crippen LogP contribution in [0.15, 0.2) is 41.0 Å². The fourth-order valence-corrected chi connectivity index (χ4v) is 7.44. The second-order valence-electron chi connectivity index (χ2n) is 15.9. The molecule has 0 unspecified atom stereocenters. The van der Waals surface area contributed by atoms with Gasteiger partial charge in [-0.25, -0.2) is 0 Å². The second-order valence-corrected chi connectivity index (χ2v) is 15.9. The fraction of sp³-hybridized carbons (Fsp3) is 0.723. The molecule has 0 aliphatic heterocycles. The minimum absolute atomic E-state index is 0.198. The van der Waals surface area contributed by atoms with Crippen LogP contribution in [0.25, 0.3) is 5.57 Å². The number of rotatable bonds is 28. The summed E-state index contributed by atoms with van der Waals surface area (Å²) in [4.78, 5) is 13.7. The maximum absolute atomic E-state index is 13.7. The molecule has 0 bridgehead atoms. The first-order valence-electron chi connectivity index (χ1n) is 21.3. The molecule has 0 heterocycles. The highest BCUT2D eigenvalue weighted by molar-refractivity contribution is 6.11. The molecule has 2 rings (SSSR count). The highest BCUT2D eigenvalue weighted by Gasteiger charge is 2.24. The van der Waals surface area contributed by atoms with Gasteiger partial charge in [0.2, 0.25) is 0 Å². The predicted molar refractivity (Wildman–Crippen MR) is 217 cm³/mol. The summed E-state index contributed by atoms with van der Waals surface area (Å²) in [6, 6.07) is 4.55. The zero-order valence-electron chi connectivity index (χ0n) is 33.5. The molecule has 0 radical (unpaired) electrons. The number of Topliss-reactive ketones (excluding diaryl/α,β-unsaturated/α-hetero) is 1. The van der Waals surface area contributed by atoms with E-state index in [4.69, 9.17) is 0 Å². The summed E-state index contributed by atoms with van der Waals surface area (Å²) in [5.74, 6) is 1.22. The van der Waals surface area contributed by atoms with Gasteiger partial charge in [-0.3, -0.25) is 4.79 Å². The zero-order chi connectivity index (χ0) is 35.9. The molecule has 0 amide bonds. The molecule has 2 nitrogen and oxygen atoms in total. The summed E-state index contributed by atoms with van der Waals surface area (Å²) < 4.78 is 0. The van der Waals surface area contributed by atoms with E-state index in [9.17, 15) is 9.90 Å². The Balaban J connectivity index is 2.24. The van der Waals surface area contributed by atoms with Crippen molar-refractivity contribution in [3.8, 4) is 5.75 Å². The number of aromatic hydroxyl groups is 1. The molecule has 278 valence electrons. The maximum atomic E-state index is 13.7. The Kier molecular flexibility index (Phi) is 22.7. The molecule has 0 fully saturated rings. The lowest BCUT2D eigenvalue weighted by atomic mass is 9.81. The normalized spacial score (nSPS) is 14.6. The lowest BCUT2D eigenvalue weighted by Gasteiger charge is -2.23. The van der Waals surface area contributed by atoms with Crippen molar-refractivity contribution in [1.29, 1.82) is 0 Å². The predicted octanol–water partition coefficient (Wildman–Crippen LogP) is 15.3. The van der Waals surface area contributed by atoms with Crippen LogP contribution in [-0.2, 0) is 11.2 Å².